The Balaban J connectivity index is 1.54. The molecule has 0 bridgehead atoms. The van der Waals surface area contributed by atoms with E-state index in [1.165, 1.54) is 12.1 Å². The Morgan fingerprint density at radius 3 is 2.54 bits per heavy atom. The van der Waals surface area contributed by atoms with Gasteiger partial charge in [-0.3, -0.25) is 0 Å². The van der Waals surface area contributed by atoms with Crippen LogP contribution in [0.25, 0.3) is 6.08 Å². The van der Waals surface area contributed by atoms with Crippen molar-refractivity contribution in [3.8, 4) is 5.75 Å². The van der Waals surface area contributed by atoms with Crippen LogP contribution < -0.4 is 4.74 Å². The third kappa shape index (κ3) is 3.99. The Hall–Kier alpha value is -3.73. The molecular weight excluding hydrogens is 357 g/mol. The van der Waals surface area contributed by atoms with Crippen molar-refractivity contribution in [3.63, 3.8) is 0 Å². The van der Waals surface area contributed by atoms with Crippen LogP contribution in [0.15, 0.2) is 89.6 Å². The van der Waals surface area contributed by atoms with Crippen molar-refractivity contribution < 1.29 is 18.8 Å². The topological polar surface area (TPSA) is 47.9 Å². The second kappa shape index (κ2) is 7.88. The van der Waals surface area contributed by atoms with E-state index >= 15 is 0 Å². The molecule has 0 saturated heterocycles. The summed E-state index contributed by atoms with van der Waals surface area (Å²) in [5.41, 5.74) is 3.35. The molecule has 4 rings (SSSR count). The maximum atomic E-state index is 13.0. The summed E-state index contributed by atoms with van der Waals surface area (Å²) >= 11 is 0. The van der Waals surface area contributed by atoms with Gasteiger partial charge in [-0.05, 0) is 41.5 Å². The standard InChI is InChI=1S/C23H16FNO3/c24-19-11-9-16(10-12-19)15-27-20-8-4-5-17(13-20)14-21-22(25-28-23(21)26)18-6-2-1-3-7-18/h1-14H,15H2/b21-14-. The second-order valence-electron chi connectivity index (χ2n) is 6.23. The fourth-order valence-corrected chi connectivity index (χ4v) is 2.82. The molecule has 3 aromatic carbocycles. The van der Waals surface area contributed by atoms with Gasteiger partial charge in [0, 0.05) is 5.56 Å². The van der Waals surface area contributed by atoms with Crippen LogP contribution in [-0.4, -0.2) is 11.7 Å². The monoisotopic (exact) mass is 373 g/mol. The first-order valence-electron chi connectivity index (χ1n) is 8.73. The van der Waals surface area contributed by atoms with Gasteiger partial charge in [0.15, 0.2) is 0 Å². The smallest absolute Gasteiger partial charge is 0.368 e. The molecule has 0 aliphatic carbocycles. The largest absolute Gasteiger partial charge is 0.489 e. The molecule has 28 heavy (non-hydrogen) atoms. The number of rotatable bonds is 5. The van der Waals surface area contributed by atoms with Gasteiger partial charge < -0.3 is 9.57 Å². The minimum atomic E-state index is -0.489. The SMILES string of the molecule is O=C1ON=C(c2ccccc2)/C1=C/c1cccc(OCc2ccc(F)cc2)c1. The zero-order valence-electron chi connectivity index (χ0n) is 14.8. The van der Waals surface area contributed by atoms with Crippen LogP contribution in [0.3, 0.4) is 0 Å². The molecule has 0 saturated carbocycles. The summed E-state index contributed by atoms with van der Waals surface area (Å²) < 4.78 is 18.8. The highest BCUT2D eigenvalue weighted by Crippen LogP contribution is 2.23. The fraction of sp³-hybridized carbons (Fsp3) is 0.0435. The molecule has 0 aromatic heterocycles. The van der Waals surface area contributed by atoms with Gasteiger partial charge in [0.1, 0.15) is 23.9 Å². The molecule has 0 unspecified atom stereocenters. The van der Waals surface area contributed by atoms with Gasteiger partial charge >= 0.3 is 5.97 Å². The number of oxime groups is 1. The van der Waals surface area contributed by atoms with Gasteiger partial charge in [0.25, 0.3) is 0 Å². The molecule has 0 N–H and O–H groups in total. The van der Waals surface area contributed by atoms with Crippen LogP contribution in [0.5, 0.6) is 5.75 Å². The predicted molar refractivity (Wildman–Crippen MR) is 104 cm³/mol. The van der Waals surface area contributed by atoms with E-state index in [-0.39, 0.29) is 5.82 Å². The maximum Gasteiger partial charge on any atom is 0.368 e. The van der Waals surface area contributed by atoms with E-state index in [4.69, 9.17) is 9.57 Å². The Bertz CT molecular complexity index is 1060. The molecule has 1 aliphatic rings. The predicted octanol–water partition coefficient (Wildman–Crippen LogP) is 4.75. The van der Waals surface area contributed by atoms with Crippen molar-refractivity contribution in [1.29, 1.82) is 0 Å². The van der Waals surface area contributed by atoms with Crippen LogP contribution in [0.4, 0.5) is 4.39 Å². The molecule has 4 nitrogen and oxygen atoms in total. The normalized spacial score (nSPS) is 14.7. The summed E-state index contributed by atoms with van der Waals surface area (Å²) in [4.78, 5) is 17.0. The number of carbonyl (C=O) groups is 1. The first-order chi connectivity index (χ1) is 13.7. The minimum Gasteiger partial charge on any atom is -0.489 e. The molecule has 1 heterocycles. The third-order valence-electron chi connectivity index (χ3n) is 4.23. The second-order valence-corrected chi connectivity index (χ2v) is 6.23. The summed E-state index contributed by atoms with van der Waals surface area (Å²) in [5.74, 6) is -0.128. The number of hydrogen-bond donors (Lipinski definition) is 0. The molecule has 3 aromatic rings. The summed E-state index contributed by atoms with van der Waals surface area (Å²) in [7, 11) is 0. The maximum absolute atomic E-state index is 13.0. The molecule has 138 valence electrons. The van der Waals surface area contributed by atoms with E-state index in [0.29, 0.717) is 23.6 Å². The van der Waals surface area contributed by atoms with E-state index in [0.717, 1.165) is 16.7 Å². The first-order valence-corrected chi connectivity index (χ1v) is 8.73. The van der Waals surface area contributed by atoms with Crippen LogP contribution in [0.2, 0.25) is 0 Å². The molecule has 0 spiro atoms. The summed E-state index contributed by atoms with van der Waals surface area (Å²) in [6.07, 6.45) is 1.73. The zero-order chi connectivity index (χ0) is 19.3. The average Bonchev–Trinajstić information content (AvgIpc) is 3.09. The highest BCUT2D eigenvalue weighted by atomic mass is 19.1. The van der Waals surface area contributed by atoms with E-state index < -0.39 is 5.97 Å². The number of ether oxygens (including phenoxy) is 1. The first kappa shape index (κ1) is 17.7. The number of hydrogen-bond acceptors (Lipinski definition) is 4. The molecule has 0 atom stereocenters. The van der Waals surface area contributed by atoms with Crippen LogP contribution in [0.1, 0.15) is 16.7 Å². The lowest BCUT2D eigenvalue weighted by Crippen LogP contribution is -2.06. The van der Waals surface area contributed by atoms with Gasteiger partial charge in [-0.1, -0.05) is 59.8 Å². The third-order valence-corrected chi connectivity index (χ3v) is 4.23. The van der Waals surface area contributed by atoms with E-state index in [2.05, 4.69) is 5.16 Å². The summed E-state index contributed by atoms with van der Waals surface area (Å²) in [6, 6.07) is 22.9. The Labute approximate surface area is 161 Å². The molecule has 5 heteroatoms. The van der Waals surface area contributed by atoms with Crippen LogP contribution in [0, 0.1) is 5.82 Å². The highest BCUT2D eigenvalue weighted by molar-refractivity contribution is 6.31. The lowest BCUT2D eigenvalue weighted by atomic mass is 10.0. The van der Waals surface area contributed by atoms with Crippen molar-refractivity contribution in [2.75, 3.05) is 0 Å². The number of halogens is 1. The lowest BCUT2D eigenvalue weighted by Gasteiger charge is -2.07. The van der Waals surface area contributed by atoms with Crippen LogP contribution in [-0.2, 0) is 16.2 Å². The lowest BCUT2D eigenvalue weighted by molar-refractivity contribution is -0.136. The summed E-state index contributed by atoms with van der Waals surface area (Å²) in [5, 5.41) is 3.91. The van der Waals surface area contributed by atoms with Crippen molar-refractivity contribution in [2.45, 2.75) is 6.61 Å². The van der Waals surface area contributed by atoms with Gasteiger partial charge in [0.05, 0.1) is 5.57 Å². The average molecular weight is 373 g/mol. The van der Waals surface area contributed by atoms with Gasteiger partial charge in [0.2, 0.25) is 0 Å². The number of carbonyl (C=O) groups excluding carboxylic acids is 1. The number of benzene rings is 3. The highest BCUT2D eigenvalue weighted by Gasteiger charge is 2.26. The van der Waals surface area contributed by atoms with E-state index in [1.807, 2.05) is 54.6 Å². The van der Waals surface area contributed by atoms with Crippen molar-refractivity contribution in [3.05, 3.63) is 107 Å². The minimum absolute atomic E-state index is 0.281. The van der Waals surface area contributed by atoms with Crippen molar-refractivity contribution in [2.24, 2.45) is 5.16 Å². The van der Waals surface area contributed by atoms with E-state index in [9.17, 15) is 9.18 Å². The Morgan fingerprint density at radius 1 is 0.964 bits per heavy atom. The van der Waals surface area contributed by atoms with E-state index in [1.54, 1.807) is 18.2 Å². The van der Waals surface area contributed by atoms with Crippen LogP contribution >= 0.6 is 0 Å². The Kier molecular flexibility index (Phi) is 4.97. The molecule has 0 radical (unpaired) electrons. The van der Waals surface area contributed by atoms with Gasteiger partial charge in [-0.2, -0.15) is 0 Å². The zero-order valence-corrected chi connectivity index (χ0v) is 14.8. The van der Waals surface area contributed by atoms with Gasteiger partial charge in [-0.15, -0.1) is 0 Å². The van der Waals surface area contributed by atoms with Gasteiger partial charge in [-0.25, -0.2) is 9.18 Å². The molecule has 1 aliphatic heterocycles. The quantitative estimate of drug-likeness (QED) is 0.479. The number of nitrogens with zero attached hydrogens (tertiary/aromatic N) is 1. The fourth-order valence-electron chi connectivity index (χ4n) is 2.82. The molecule has 0 amide bonds. The molecular formula is C23H16FNO3. The Morgan fingerprint density at radius 2 is 1.75 bits per heavy atom. The summed E-state index contributed by atoms with van der Waals surface area (Å²) in [6.45, 7) is 0.319. The van der Waals surface area contributed by atoms with Crippen molar-refractivity contribution in [1.82, 2.24) is 0 Å². The molecule has 0 fully saturated rings. The van der Waals surface area contributed by atoms with Crippen molar-refractivity contribution >= 4 is 17.8 Å².